The van der Waals surface area contributed by atoms with Gasteiger partial charge in [-0.15, -0.1) is 0 Å². The number of carbonyl (C=O) groups is 1. The number of halogens is 3. The van der Waals surface area contributed by atoms with E-state index in [9.17, 15) is 18.0 Å². The molecule has 0 aliphatic carbocycles. The topological polar surface area (TPSA) is 20.3 Å². The van der Waals surface area contributed by atoms with Gasteiger partial charge in [-0.3, -0.25) is 4.79 Å². The molecule has 2 nitrogen and oxygen atoms in total. The van der Waals surface area contributed by atoms with Gasteiger partial charge in [0.05, 0.1) is 5.56 Å². The minimum atomic E-state index is -4.43. The average molecular weight is 371 g/mol. The smallest absolute Gasteiger partial charge is 0.339 e. The number of rotatable bonds is 12. The van der Waals surface area contributed by atoms with Gasteiger partial charge < -0.3 is 4.90 Å². The van der Waals surface area contributed by atoms with Crippen molar-refractivity contribution in [2.75, 3.05) is 13.1 Å². The summed E-state index contributed by atoms with van der Waals surface area (Å²) in [7, 11) is 0. The van der Waals surface area contributed by atoms with Crippen LogP contribution in [0.4, 0.5) is 13.2 Å². The Morgan fingerprint density at radius 1 is 0.923 bits per heavy atom. The molecule has 0 heterocycles. The Kier molecular flexibility index (Phi) is 10.4. The molecule has 1 rings (SSSR count). The number of alkyl halides is 3. The predicted octanol–water partition coefficient (Wildman–Crippen LogP) is 6.70. The maximum atomic E-state index is 12.8. The Morgan fingerprint density at radius 2 is 1.50 bits per heavy atom. The predicted molar refractivity (Wildman–Crippen MR) is 100 cm³/mol. The molecule has 5 heteroatoms. The molecule has 1 amide bonds. The number of unbranched alkanes of at least 4 members (excludes halogenated alkanes) is 8. The van der Waals surface area contributed by atoms with Crippen molar-refractivity contribution in [1.82, 2.24) is 4.90 Å². The van der Waals surface area contributed by atoms with Crippen LogP contribution in [0.25, 0.3) is 0 Å². The normalized spacial score (nSPS) is 11.6. The second kappa shape index (κ2) is 12.0. The Morgan fingerprint density at radius 3 is 2.04 bits per heavy atom. The first kappa shape index (κ1) is 22.5. The fourth-order valence-corrected chi connectivity index (χ4v) is 3.03. The summed E-state index contributed by atoms with van der Waals surface area (Å²) in [6, 6.07) is 4.69. The van der Waals surface area contributed by atoms with Crippen molar-refractivity contribution in [3.05, 3.63) is 35.4 Å². The first-order valence-corrected chi connectivity index (χ1v) is 9.86. The molecular formula is C21H32F3NO. The third-order valence-corrected chi connectivity index (χ3v) is 4.64. The number of hydrogen-bond acceptors (Lipinski definition) is 1. The summed E-state index contributed by atoms with van der Waals surface area (Å²) >= 11 is 0. The first-order valence-electron chi connectivity index (χ1n) is 9.86. The lowest BCUT2D eigenvalue weighted by Gasteiger charge is -2.21. The Balaban J connectivity index is 2.38. The second-order valence-corrected chi connectivity index (χ2v) is 6.79. The average Bonchev–Trinajstić information content (AvgIpc) is 2.62. The molecule has 0 N–H and O–H groups in total. The molecule has 0 fully saturated rings. The van der Waals surface area contributed by atoms with E-state index in [1.165, 1.54) is 50.7 Å². The van der Waals surface area contributed by atoms with Crippen molar-refractivity contribution in [2.45, 2.75) is 77.8 Å². The van der Waals surface area contributed by atoms with Gasteiger partial charge in [0, 0.05) is 18.7 Å². The van der Waals surface area contributed by atoms with Crippen LogP contribution >= 0.6 is 0 Å². The van der Waals surface area contributed by atoms with Crippen molar-refractivity contribution in [2.24, 2.45) is 0 Å². The van der Waals surface area contributed by atoms with Crippen molar-refractivity contribution in [3.8, 4) is 0 Å². The molecule has 148 valence electrons. The largest absolute Gasteiger partial charge is 0.416 e. The summed E-state index contributed by atoms with van der Waals surface area (Å²) in [5.74, 6) is -0.321. The number of carbonyl (C=O) groups excluding carboxylic acids is 1. The van der Waals surface area contributed by atoms with Gasteiger partial charge >= 0.3 is 6.18 Å². The minimum Gasteiger partial charge on any atom is -0.339 e. The van der Waals surface area contributed by atoms with Crippen LogP contribution in [-0.4, -0.2) is 23.9 Å². The molecule has 0 aliphatic rings. The number of hydrogen-bond donors (Lipinski definition) is 0. The van der Waals surface area contributed by atoms with Crippen LogP contribution in [0.15, 0.2) is 24.3 Å². The highest BCUT2D eigenvalue weighted by molar-refractivity contribution is 5.94. The SMILES string of the molecule is CCCCCCCCCCCN(CC)C(=O)c1cccc(C(F)(F)F)c1. The highest BCUT2D eigenvalue weighted by Crippen LogP contribution is 2.29. The maximum Gasteiger partial charge on any atom is 0.416 e. The van der Waals surface area contributed by atoms with E-state index in [2.05, 4.69) is 6.92 Å². The molecule has 0 saturated heterocycles. The number of benzene rings is 1. The zero-order valence-electron chi connectivity index (χ0n) is 16.1. The van der Waals surface area contributed by atoms with Gasteiger partial charge in [0.15, 0.2) is 0 Å². The van der Waals surface area contributed by atoms with Crippen molar-refractivity contribution < 1.29 is 18.0 Å². The third kappa shape index (κ3) is 8.24. The minimum absolute atomic E-state index is 0.109. The van der Waals surface area contributed by atoms with Crippen LogP contribution in [0.1, 0.15) is 87.6 Å². The molecule has 0 radical (unpaired) electrons. The Labute approximate surface area is 155 Å². The molecule has 0 saturated carbocycles. The fraction of sp³-hybridized carbons (Fsp3) is 0.667. The summed E-state index contributed by atoms with van der Waals surface area (Å²) in [5.41, 5.74) is -0.667. The Bertz CT molecular complexity index is 528. The molecule has 26 heavy (non-hydrogen) atoms. The van der Waals surface area contributed by atoms with Gasteiger partial charge in [-0.05, 0) is 31.5 Å². The van der Waals surface area contributed by atoms with Gasteiger partial charge in [-0.25, -0.2) is 0 Å². The molecule has 0 unspecified atom stereocenters. The third-order valence-electron chi connectivity index (χ3n) is 4.64. The zero-order valence-corrected chi connectivity index (χ0v) is 16.1. The fourth-order valence-electron chi connectivity index (χ4n) is 3.03. The molecule has 1 aromatic rings. The maximum absolute atomic E-state index is 12.8. The summed E-state index contributed by atoms with van der Waals surface area (Å²) < 4.78 is 38.4. The highest BCUT2D eigenvalue weighted by atomic mass is 19.4. The van der Waals surface area contributed by atoms with Gasteiger partial charge in [0.1, 0.15) is 0 Å². The standard InChI is InChI=1S/C21H32F3NO/c1-3-5-6-7-8-9-10-11-12-16-25(4-2)20(26)18-14-13-15-19(17-18)21(22,23)24/h13-15,17H,3-12,16H2,1-2H3. The molecule has 0 spiro atoms. The van der Waals surface area contributed by atoms with E-state index < -0.39 is 11.7 Å². The van der Waals surface area contributed by atoms with Gasteiger partial charge in [0.25, 0.3) is 5.91 Å². The zero-order chi connectivity index (χ0) is 19.4. The monoisotopic (exact) mass is 371 g/mol. The molecule has 0 atom stereocenters. The molecule has 0 aliphatic heterocycles. The van der Waals surface area contributed by atoms with Gasteiger partial charge in [-0.1, -0.05) is 64.4 Å². The Hall–Kier alpha value is -1.52. The van der Waals surface area contributed by atoms with Crippen LogP contribution in [0.2, 0.25) is 0 Å². The van der Waals surface area contributed by atoms with Crippen molar-refractivity contribution >= 4 is 5.91 Å². The summed E-state index contributed by atoms with van der Waals surface area (Å²) in [5, 5.41) is 0. The molecule has 0 bridgehead atoms. The summed E-state index contributed by atoms with van der Waals surface area (Å²) in [4.78, 5) is 14.1. The lowest BCUT2D eigenvalue weighted by molar-refractivity contribution is -0.137. The van der Waals surface area contributed by atoms with E-state index in [1.54, 1.807) is 4.90 Å². The van der Waals surface area contributed by atoms with E-state index >= 15 is 0 Å². The highest BCUT2D eigenvalue weighted by Gasteiger charge is 2.31. The summed E-state index contributed by atoms with van der Waals surface area (Å²) in [6.07, 6.45) is 6.34. The van der Waals surface area contributed by atoms with E-state index in [0.717, 1.165) is 31.4 Å². The number of nitrogens with zero attached hydrogens (tertiary/aromatic N) is 1. The van der Waals surface area contributed by atoms with Crippen LogP contribution in [0, 0.1) is 0 Å². The van der Waals surface area contributed by atoms with Crippen LogP contribution < -0.4 is 0 Å². The van der Waals surface area contributed by atoms with Crippen LogP contribution in [0.3, 0.4) is 0 Å². The van der Waals surface area contributed by atoms with Crippen molar-refractivity contribution in [3.63, 3.8) is 0 Å². The second-order valence-electron chi connectivity index (χ2n) is 6.79. The van der Waals surface area contributed by atoms with E-state index in [-0.39, 0.29) is 11.5 Å². The van der Waals surface area contributed by atoms with E-state index in [4.69, 9.17) is 0 Å². The molecule has 0 aromatic heterocycles. The van der Waals surface area contributed by atoms with Gasteiger partial charge in [0.2, 0.25) is 0 Å². The summed E-state index contributed by atoms with van der Waals surface area (Å²) in [6.45, 7) is 5.17. The lowest BCUT2D eigenvalue weighted by Crippen LogP contribution is -2.32. The molecule has 1 aromatic carbocycles. The number of amides is 1. The van der Waals surface area contributed by atoms with Crippen LogP contribution in [-0.2, 0) is 6.18 Å². The quantitative estimate of drug-likeness (QED) is 0.374. The van der Waals surface area contributed by atoms with Crippen LogP contribution in [0.5, 0.6) is 0 Å². The molecular weight excluding hydrogens is 339 g/mol. The van der Waals surface area contributed by atoms with Crippen molar-refractivity contribution in [1.29, 1.82) is 0 Å². The van der Waals surface area contributed by atoms with E-state index in [0.29, 0.717) is 13.1 Å². The van der Waals surface area contributed by atoms with E-state index in [1.807, 2.05) is 6.92 Å². The first-order chi connectivity index (χ1) is 12.4. The van der Waals surface area contributed by atoms with Gasteiger partial charge in [-0.2, -0.15) is 13.2 Å². The lowest BCUT2D eigenvalue weighted by atomic mass is 10.1.